The Kier molecular flexibility index (Phi) is 6.82. The summed E-state index contributed by atoms with van der Waals surface area (Å²) in [5.41, 5.74) is 4.71. The van der Waals surface area contributed by atoms with Crippen LogP contribution in [0.15, 0.2) is 103 Å². The molecule has 0 amide bonds. The molecule has 1 spiro atoms. The fourth-order valence-corrected chi connectivity index (χ4v) is 6.95. The number of nitrogens with one attached hydrogen (secondary N) is 1. The molecule has 6 rings (SSSR count). The molecule has 0 bridgehead atoms. The van der Waals surface area contributed by atoms with Crippen LogP contribution in [0.2, 0.25) is 5.02 Å². The van der Waals surface area contributed by atoms with Crippen molar-refractivity contribution < 1.29 is 14.6 Å². The first-order valence-corrected chi connectivity index (χ1v) is 14.0. The van der Waals surface area contributed by atoms with Crippen molar-refractivity contribution in [1.82, 2.24) is 0 Å². The highest BCUT2D eigenvalue weighted by Crippen LogP contribution is 2.58. The summed E-state index contributed by atoms with van der Waals surface area (Å²) in [7, 11) is 0. The Labute approximate surface area is 234 Å². The van der Waals surface area contributed by atoms with Gasteiger partial charge in [-0.3, -0.25) is 0 Å². The van der Waals surface area contributed by atoms with Gasteiger partial charge in [-0.15, -0.1) is 0 Å². The van der Waals surface area contributed by atoms with Crippen molar-refractivity contribution in [2.45, 2.75) is 55.6 Å². The molecule has 1 saturated carbocycles. The highest BCUT2D eigenvalue weighted by atomic mass is 35.5. The van der Waals surface area contributed by atoms with Gasteiger partial charge in [-0.2, -0.15) is 0 Å². The fraction of sp³-hybridized carbons (Fsp3) is 0.265. The van der Waals surface area contributed by atoms with Gasteiger partial charge in [0.15, 0.2) is 0 Å². The summed E-state index contributed by atoms with van der Waals surface area (Å²) in [6.45, 7) is 0.524. The lowest BCUT2D eigenvalue weighted by Gasteiger charge is -2.47. The van der Waals surface area contributed by atoms with Crippen molar-refractivity contribution in [2.75, 3.05) is 5.32 Å². The van der Waals surface area contributed by atoms with Gasteiger partial charge in [0.1, 0.15) is 17.9 Å². The molecule has 2 N–H and O–H groups in total. The second kappa shape index (κ2) is 10.4. The van der Waals surface area contributed by atoms with Gasteiger partial charge in [0.2, 0.25) is 0 Å². The molecule has 5 heteroatoms. The smallest absolute Gasteiger partial charge is 0.329 e. The molecule has 0 radical (unpaired) electrons. The average Bonchev–Trinajstić information content (AvgIpc) is 3.28. The van der Waals surface area contributed by atoms with Gasteiger partial charge in [-0.05, 0) is 90.6 Å². The lowest BCUT2D eigenvalue weighted by Crippen LogP contribution is -2.52. The molecule has 0 unspecified atom stereocenters. The molecule has 0 saturated heterocycles. The quantitative estimate of drug-likeness (QED) is 0.251. The van der Waals surface area contributed by atoms with Crippen LogP contribution in [-0.2, 0) is 23.2 Å². The fourth-order valence-electron chi connectivity index (χ4n) is 6.76. The van der Waals surface area contributed by atoms with E-state index in [4.69, 9.17) is 16.3 Å². The lowest BCUT2D eigenvalue weighted by atomic mass is 9.59. The van der Waals surface area contributed by atoms with E-state index < -0.39 is 11.5 Å². The number of aliphatic carboxylic acids is 1. The summed E-state index contributed by atoms with van der Waals surface area (Å²) >= 11 is 6.20. The van der Waals surface area contributed by atoms with Crippen LogP contribution >= 0.6 is 11.6 Å². The van der Waals surface area contributed by atoms with Gasteiger partial charge in [0, 0.05) is 16.1 Å². The number of hydrogen-bond donors (Lipinski definition) is 2. The number of anilines is 1. The molecule has 0 heterocycles. The van der Waals surface area contributed by atoms with Crippen molar-refractivity contribution in [3.63, 3.8) is 0 Å². The third kappa shape index (κ3) is 4.90. The number of rotatable bonds is 7. The Bertz CT molecular complexity index is 1480. The molecule has 4 aromatic carbocycles. The minimum absolute atomic E-state index is 0.121. The van der Waals surface area contributed by atoms with Crippen LogP contribution < -0.4 is 10.1 Å². The minimum atomic E-state index is -1.03. The molecule has 1 atom stereocenters. The monoisotopic (exact) mass is 537 g/mol. The molecule has 2 aliphatic rings. The molecule has 39 heavy (non-hydrogen) atoms. The van der Waals surface area contributed by atoms with Crippen LogP contribution in [0.25, 0.3) is 0 Å². The summed E-state index contributed by atoms with van der Waals surface area (Å²) in [5, 5.41) is 14.4. The first-order valence-electron chi connectivity index (χ1n) is 13.6. The average molecular weight is 538 g/mol. The summed E-state index contributed by atoms with van der Waals surface area (Å²) in [4.78, 5) is 12.7. The zero-order chi connectivity index (χ0) is 26.9. The summed E-state index contributed by atoms with van der Waals surface area (Å²) < 4.78 is 6.19. The lowest BCUT2D eigenvalue weighted by molar-refractivity contribution is -0.144. The van der Waals surface area contributed by atoms with E-state index in [1.54, 1.807) is 12.1 Å². The maximum absolute atomic E-state index is 12.7. The second-order valence-corrected chi connectivity index (χ2v) is 11.4. The predicted molar refractivity (Wildman–Crippen MR) is 156 cm³/mol. The Morgan fingerprint density at radius 2 is 1.62 bits per heavy atom. The zero-order valence-corrected chi connectivity index (χ0v) is 22.5. The number of hydrogen-bond acceptors (Lipinski definition) is 3. The molecule has 198 valence electrons. The number of ether oxygens (including phenoxy) is 1. The zero-order valence-electron chi connectivity index (χ0n) is 21.8. The van der Waals surface area contributed by atoms with E-state index in [9.17, 15) is 9.90 Å². The van der Waals surface area contributed by atoms with Crippen LogP contribution in [0.4, 0.5) is 5.69 Å². The van der Waals surface area contributed by atoms with Crippen molar-refractivity contribution >= 4 is 23.3 Å². The normalized spacial score (nSPS) is 23.8. The van der Waals surface area contributed by atoms with Gasteiger partial charge in [-0.25, -0.2) is 4.79 Å². The largest absolute Gasteiger partial charge is 0.489 e. The van der Waals surface area contributed by atoms with E-state index in [1.165, 1.54) is 16.7 Å². The molecule has 0 aromatic heterocycles. The van der Waals surface area contributed by atoms with Crippen LogP contribution in [0.5, 0.6) is 5.75 Å². The molecule has 0 aliphatic heterocycles. The van der Waals surface area contributed by atoms with Crippen LogP contribution in [0.3, 0.4) is 0 Å². The van der Waals surface area contributed by atoms with E-state index in [-0.39, 0.29) is 11.3 Å². The highest BCUT2D eigenvalue weighted by Gasteiger charge is 2.54. The van der Waals surface area contributed by atoms with Gasteiger partial charge in [0.25, 0.3) is 0 Å². The Hall–Kier alpha value is -3.76. The van der Waals surface area contributed by atoms with Crippen LogP contribution in [-0.4, -0.2) is 16.6 Å². The van der Waals surface area contributed by atoms with Crippen LogP contribution in [0, 0.1) is 0 Å². The van der Waals surface area contributed by atoms with E-state index in [2.05, 4.69) is 59.9 Å². The molecule has 4 aromatic rings. The Morgan fingerprint density at radius 3 is 2.38 bits per heavy atom. The molecule has 2 aliphatic carbocycles. The number of halogens is 1. The third-order valence-electron chi connectivity index (χ3n) is 8.77. The van der Waals surface area contributed by atoms with E-state index in [0.717, 1.165) is 36.3 Å². The summed E-state index contributed by atoms with van der Waals surface area (Å²) in [5.74, 6) is 0.311. The van der Waals surface area contributed by atoms with Crippen molar-refractivity contribution in [3.05, 3.63) is 130 Å². The van der Waals surface area contributed by atoms with Gasteiger partial charge >= 0.3 is 5.97 Å². The number of fused-ring (bicyclic) bond motifs is 2. The summed E-state index contributed by atoms with van der Waals surface area (Å²) in [6.07, 6.45) is 3.57. The topological polar surface area (TPSA) is 58.6 Å². The van der Waals surface area contributed by atoms with E-state index >= 15 is 0 Å². The van der Waals surface area contributed by atoms with E-state index in [0.29, 0.717) is 24.5 Å². The van der Waals surface area contributed by atoms with Crippen molar-refractivity contribution in [2.24, 2.45) is 0 Å². The summed E-state index contributed by atoms with van der Waals surface area (Å²) in [6, 6.07) is 34.7. The minimum Gasteiger partial charge on any atom is -0.489 e. The molecular weight excluding hydrogens is 506 g/mol. The predicted octanol–water partition coefficient (Wildman–Crippen LogP) is 8.01. The Balaban J connectivity index is 1.29. The first kappa shape index (κ1) is 25.5. The second-order valence-electron chi connectivity index (χ2n) is 10.9. The standard InChI is InChI=1S/C34H32ClNO3/c35-27-12-7-13-28(22-27)36-34(32(37)38)18-16-33(17-19-34)30-15-5-4-10-26(30)21-31(33)25-11-6-14-29(20-25)39-23-24-8-2-1-3-9-24/h1-15,20,22,31,36H,16-19,21,23H2,(H,37,38)/t31-,33?,34?/m1/s1. The van der Waals surface area contributed by atoms with Gasteiger partial charge in [-0.1, -0.05) is 84.4 Å². The highest BCUT2D eigenvalue weighted by molar-refractivity contribution is 6.30. The van der Waals surface area contributed by atoms with Crippen molar-refractivity contribution in [1.29, 1.82) is 0 Å². The third-order valence-corrected chi connectivity index (χ3v) is 9.00. The number of carboxylic acid groups (broad SMARTS) is 1. The Morgan fingerprint density at radius 1 is 0.872 bits per heavy atom. The number of carboxylic acids is 1. The molecular formula is C34H32ClNO3. The maximum Gasteiger partial charge on any atom is 0.329 e. The number of benzene rings is 4. The van der Waals surface area contributed by atoms with Gasteiger partial charge < -0.3 is 15.2 Å². The van der Waals surface area contributed by atoms with Gasteiger partial charge in [0.05, 0.1) is 0 Å². The molecule has 1 fully saturated rings. The van der Waals surface area contributed by atoms with Crippen molar-refractivity contribution in [3.8, 4) is 5.75 Å². The molecule has 4 nitrogen and oxygen atoms in total. The SMILES string of the molecule is O=C(O)C1(Nc2cccc(Cl)c2)CCC2(CC1)c1ccccc1C[C@@H]2c1cccc(OCc2ccccc2)c1. The maximum atomic E-state index is 12.7. The number of carbonyl (C=O) groups is 1. The first-order chi connectivity index (χ1) is 19.0. The van der Waals surface area contributed by atoms with Crippen LogP contribution in [0.1, 0.15) is 53.9 Å². The van der Waals surface area contributed by atoms with E-state index in [1.807, 2.05) is 36.4 Å².